The van der Waals surface area contributed by atoms with E-state index in [9.17, 15) is 14.7 Å². The standard InChI is InChI=1S/C26H24INO6/c1-32-23-13-15(11-21(27)24(23)33-2)12-22(25(29)30)28-26(31)34-14-20-18-9-5-3-7-16(18)17-8-4-6-10-19(17)20/h3-11,13,20,22H,12,14H2,1-2H3,(H,28,31)(H,29,30). The maximum absolute atomic E-state index is 12.6. The number of rotatable bonds is 8. The van der Waals surface area contributed by atoms with Gasteiger partial charge >= 0.3 is 12.1 Å². The molecule has 0 aliphatic heterocycles. The SMILES string of the molecule is COc1cc(CC(NC(=O)OCC2c3ccccc3-c3ccccc32)C(=O)O)cc(I)c1OC. The Kier molecular flexibility index (Phi) is 7.26. The number of nitrogens with one attached hydrogen (secondary N) is 1. The molecule has 34 heavy (non-hydrogen) atoms. The van der Waals surface area contributed by atoms with Crippen LogP contribution in [-0.2, 0) is 16.0 Å². The molecule has 8 heteroatoms. The number of alkyl carbamates (subject to hydrolysis) is 1. The van der Waals surface area contributed by atoms with Crippen molar-refractivity contribution in [3.05, 3.63) is 80.9 Å². The van der Waals surface area contributed by atoms with Crippen LogP contribution in [0.15, 0.2) is 60.7 Å². The van der Waals surface area contributed by atoms with Gasteiger partial charge in [0.05, 0.1) is 17.8 Å². The van der Waals surface area contributed by atoms with Gasteiger partial charge in [-0.15, -0.1) is 0 Å². The number of aliphatic carboxylic acids is 1. The maximum Gasteiger partial charge on any atom is 0.407 e. The van der Waals surface area contributed by atoms with Gasteiger partial charge in [-0.3, -0.25) is 0 Å². The van der Waals surface area contributed by atoms with Crippen molar-refractivity contribution in [2.24, 2.45) is 0 Å². The van der Waals surface area contributed by atoms with E-state index in [1.165, 1.54) is 7.11 Å². The highest BCUT2D eigenvalue weighted by Crippen LogP contribution is 2.44. The Balaban J connectivity index is 1.45. The summed E-state index contributed by atoms with van der Waals surface area (Å²) >= 11 is 2.10. The molecule has 2 N–H and O–H groups in total. The van der Waals surface area contributed by atoms with Gasteiger partial charge < -0.3 is 24.6 Å². The lowest BCUT2D eigenvalue weighted by atomic mass is 9.98. The summed E-state index contributed by atoms with van der Waals surface area (Å²) in [5.74, 6) is -0.190. The quantitative estimate of drug-likeness (QED) is 0.375. The molecule has 1 aliphatic rings. The topological polar surface area (TPSA) is 94.1 Å². The van der Waals surface area contributed by atoms with Crippen molar-refractivity contribution in [1.29, 1.82) is 0 Å². The molecule has 0 heterocycles. The number of carboxylic acids is 1. The Morgan fingerprint density at radius 3 is 2.18 bits per heavy atom. The molecule has 176 valence electrons. The van der Waals surface area contributed by atoms with E-state index in [1.807, 2.05) is 36.4 Å². The highest BCUT2D eigenvalue weighted by molar-refractivity contribution is 14.1. The summed E-state index contributed by atoms with van der Waals surface area (Å²) in [7, 11) is 3.06. The lowest BCUT2D eigenvalue weighted by Gasteiger charge is -2.18. The Labute approximate surface area is 211 Å². The zero-order valence-electron chi connectivity index (χ0n) is 18.7. The van der Waals surface area contributed by atoms with Crippen molar-refractivity contribution >= 4 is 34.7 Å². The first-order valence-electron chi connectivity index (χ1n) is 10.7. The van der Waals surface area contributed by atoms with Crippen LogP contribution in [0.4, 0.5) is 4.79 Å². The summed E-state index contributed by atoms with van der Waals surface area (Å²) in [5.41, 5.74) is 5.11. The summed E-state index contributed by atoms with van der Waals surface area (Å²) in [5, 5.41) is 12.2. The molecule has 0 bridgehead atoms. The van der Waals surface area contributed by atoms with Gasteiger partial charge in [-0.05, 0) is 62.5 Å². The molecule has 4 rings (SSSR count). The number of hydrogen-bond donors (Lipinski definition) is 2. The van der Waals surface area contributed by atoms with E-state index in [2.05, 4.69) is 40.0 Å². The zero-order chi connectivity index (χ0) is 24.2. The summed E-state index contributed by atoms with van der Waals surface area (Å²) in [6, 6.07) is 18.4. The second-order valence-electron chi connectivity index (χ2n) is 7.88. The first-order valence-corrected chi connectivity index (χ1v) is 11.8. The molecule has 1 aliphatic carbocycles. The summed E-state index contributed by atoms with van der Waals surface area (Å²) in [4.78, 5) is 24.4. The molecule has 0 fully saturated rings. The first-order chi connectivity index (χ1) is 16.4. The number of amides is 1. The van der Waals surface area contributed by atoms with Crippen molar-refractivity contribution in [2.45, 2.75) is 18.4 Å². The fraction of sp³-hybridized carbons (Fsp3) is 0.231. The number of hydrogen-bond acceptors (Lipinski definition) is 5. The highest BCUT2D eigenvalue weighted by atomic mass is 127. The Morgan fingerprint density at radius 2 is 1.62 bits per heavy atom. The van der Waals surface area contributed by atoms with E-state index < -0.39 is 18.1 Å². The number of ether oxygens (including phenoxy) is 3. The first kappa shape index (κ1) is 23.9. The van der Waals surface area contributed by atoms with Crippen molar-refractivity contribution in [3.63, 3.8) is 0 Å². The number of halogens is 1. The number of benzene rings is 3. The van der Waals surface area contributed by atoms with Crippen molar-refractivity contribution in [1.82, 2.24) is 5.32 Å². The van der Waals surface area contributed by atoms with Crippen LogP contribution in [-0.4, -0.2) is 44.0 Å². The van der Waals surface area contributed by atoms with Gasteiger partial charge in [0, 0.05) is 12.3 Å². The number of methoxy groups -OCH3 is 2. The average molecular weight is 573 g/mol. The minimum atomic E-state index is -1.16. The Bertz CT molecular complexity index is 1180. The van der Waals surface area contributed by atoms with Crippen LogP contribution < -0.4 is 14.8 Å². The third-order valence-corrected chi connectivity index (χ3v) is 6.67. The van der Waals surface area contributed by atoms with Crippen LogP contribution in [0.3, 0.4) is 0 Å². The monoisotopic (exact) mass is 573 g/mol. The van der Waals surface area contributed by atoms with Gasteiger partial charge in [0.1, 0.15) is 12.6 Å². The number of carboxylic acid groups (broad SMARTS) is 1. The normalized spacial score (nSPS) is 12.9. The van der Waals surface area contributed by atoms with Crippen molar-refractivity contribution in [3.8, 4) is 22.6 Å². The van der Waals surface area contributed by atoms with Crippen molar-refractivity contribution in [2.75, 3.05) is 20.8 Å². The second-order valence-corrected chi connectivity index (χ2v) is 9.04. The Morgan fingerprint density at radius 1 is 1.00 bits per heavy atom. The van der Waals surface area contributed by atoms with E-state index in [4.69, 9.17) is 14.2 Å². The maximum atomic E-state index is 12.6. The summed E-state index contributed by atoms with van der Waals surface area (Å²) < 4.78 is 17.0. The van der Waals surface area contributed by atoms with Crippen LogP contribution in [0, 0.1) is 3.57 Å². The molecule has 3 aromatic carbocycles. The molecule has 1 unspecified atom stereocenters. The van der Waals surface area contributed by atoms with Gasteiger partial charge in [-0.2, -0.15) is 0 Å². The van der Waals surface area contributed by atoms with Gasteiger partial charge in [-0.1, -0.05) is 48.5 Å². The van der Waals surface area contributed by atoms with Crippen LogP contribution >= 0.6 is 22.6 Å². The number of carbonyl (C=O) groups is 2. The molecular formula is C26H24INO6. The largest absolute Gasteiger partial charge is 0.493 e. The van der Waals surface area contributed by atoms with Gasteiger partial charge in [-0.25, -0.2) is 9.59 Å². The highest BCUT2D eigenvalue weighted by Gasteiger charge is 2.30. The van der Waals surface area contributed by atoms with E-state index >= 15 is 0 Å². The third-order valence-electron chi connectivity index (χ3n) is 5.87. The molecule has 0 aromatic heterocycles. The molecule has 0 radical (unpaired) electrons. The zero-order valence-corrected chi connectivity index (χ0v) is 20.9. The second kappa shape index (κ2) is 10.3. The van der Waals surface area contributed by atoms with E-state index in [-0.39, 0.29) is 18.9 Å². The third kappa shape index (κ3) is 4.82. The van der Waals surface area contributed by atoms with Crippen LogP contribution in [0.25, 0.3) is 11.1 Å². The molecule has 7 nitrogen and oxygen atoms in total. The molecular weight excluding hydrogens is 549 g/mol. The van der Waals surface area contributed by atoms with Crippen LogP contribution in [0.5, 0.6) is 11.5 Å². The summed E-state index contributed by atoms with van der Waals surface area (Å²) in [6.07, 6.45) is -0.708. The fourth-order valence-electron chi connectivity index (χ4n) is 4.31. The van der Waals surface area contributed by atoms with Gasteiger partial charge in [0.25, 0.3) is 0 Å². The molecule has 0 saturated carbocycles. The van der Waals surface area contributed by atoms with Gasteiger partial charge in [0.2, 0.25) is 0 Å². The van der Waals surface area contributed by atoms with E-state index in [0.29, 0.717) is 17.1 Å². The Hall–Kier alpha value is -3.27. The smallest absolute Gasteiger partial charge is 0.407 e. The molecule has 1 atom stereocenters. The molecule has 1 amide bonds. The van der Waals surface area contributed by atoms with E-state index in [0.717, 1.165) is 25.8 Å². The average Bonchev–Trinajstić information content (AvgIpc) is 3.15. The summed E-state index contributed by atoms with van der Waals surface area (Å²) in [6.45, 7) is 0.112. The van der Waals surface area contributed by atoms with Crippen LogP contribution in [0.1, 0.15) is 22.6 Å². The van der Waals surface area contributed by atoms with Crippen LogP contribution in [0.2, 0.25) is 0 Å². The lowest BCUT2D eigenvalue weighted by molar-refractivity contribution is -0.139. The van der Waals surface area contributed by atoms with Gasteiger partial charge in [0.15, 0.2) is 11.5 Å². The molecule has 0 saturated heterocycles. The number of fused-ring (bicyclic) bond motifs is 3. The number of carbonyl (C=O) groups excluding carboxylic acids is 1. The van der Waals surface area contributed by atoms with E-state index in [1.54, 1.807) is 19.2 Å². The molecule has 0 spiro atoms. The lowest BCUT2D eigenvalue weighted by Crippen LogP contribution is -2.42. The predicted octanol–water partition coefficient (Wildman–Crippen LogP) is 4.84. The molecule has 3 aromatic rings. The minimum Gasteiger partial charge on any atom is -0.493 e. The minimum absolute atomic E-state index is 0.0654. The van der Waals surface area contributed by atoms with Crippen molar-refractivity contribution < 1.29 is 28.9 Å². The predicted molar refractivity (Wildman–Crippen MR) is 136 cm³/mol. The fourth-order valence-corrected chi connectivity index (χ4v) is 5.19.